The Balaban J connectivity index is 1.53. The summed E-state index contributed by atoms with van der Waals surface area (Å²) >= 11 is 1.61. The number of para-hydroxylation sites is 2. The fraction of sp³-hybridized carbons (Fsp3) is 0.211. The Bertz CT molecular complexity index is 829. The first kappa shape index (κ1) is 15.0. The van der Waals surface area contributed by atoms with E-state index in [1.54, 1.807) is 11.3 Å². The van der Waals surface area contributed by atoms with E-state index in [0.29, 0.717) is 13.2 Å². The van der Waals surface area contributed by atoms with Crippen molar-refractivity contribution in [2.75, 3.05) is 13.2 Å². The Morgan fingerprint density at radius 3 is 2.71 bits per heavy atom. The third-order valence-corrected chi connectivity index (χ3v) is 4.68. The summed E-state index contributed by atoms with van der Waals surface area (Å²) in [6, 6.07) is 15.7. The third-order valence-electron chi connectivity index (χ3n) is 3.77. The number of aromatic nitrogens is 1. The number of hydrogen-bond donors (Lipinski definition) is 0. The highest BCUT2D eigenvalue weighted by Crippen LogP contribution is 2.37. The van der Waals surface area contributed by atoms with Gasteiger partial charge in [0.2, 0.25) is 0 Å². The maximum absolute atomic E-state index is 6.02. The summed E-state index contributed by atoms with van der Waals surface area (Å²) in [5.41, 5.74) is 1.98. The largest absolute Gasteiger partial charge is 0.494 e. The van der Waals surface area contributed by atoms with Crippen molar-refractivity contribution in [2.45, 2.75) is 13.0 Å². The van der Waals surface area contributed by atoms with Crippen LogP contribution in [-0.4, -0.2) is 18.2 Å². The molecule has 0 spiro atoms. The van der Waals surface area contributed by atoms with Crippen LogP contribution in [0, 0.1) is 0 Å². The summed E-state index contributed by atoms with van der Waals surface area (Å²) in [5, 5.41) is 3.00. The first-order valence-electron chi connectivity index (χ1n) is 7.90. The van der Waals surface area contributed by atoms with E-state index in [0.717, 1.165) is 33.5 Å². The molecule has 1 atom stereocenters. The van der Waals surface area contributed by atoms with E-state index < -0.39 is 0 Å². The first-order valence-corrected chi connectivity index (χ1v) is 8.78. The fourth-order valence-electron chi connectivity index (χ4n) is 2.59. The number of nitrogens with zero attached hydrogens (tertiary/aromatic N) is 1. The molecule has 122 valence electrons. The average Bonchev–Trinajstić information content (AvgIpc) is 3.12. The monoisotopic (exact) mass is 339 g/mol. The molecule has 0 aliphatic carbocycles. The number of thiazole rings is 1. The lowest BCUT2D eigenvalue weighted by molar-refractivity contribution is 0.0888. The summed E-state index contributed by atoms with van der Waals surface area (Å²) in [6.07, 6.45) is -0.174. The average molecular weight is 339 g/mol. The van der Waals surface area contributed by atoms with Gasteiger partial charge in [0, 0.05) is 10.9 Å². The van der Waals surface area contributed by atoms with Crippen LogP contribution in [0.15, 0.2) is 53.9 Å². The van der Waals surface area contributed by atoms with Crippen LogP contribution >= 0.6 is 11.3 Å². The van der Waals surface area contributed by atoms with Crippen LogP contribution in [0.2, 0.25) is 0 Å². The zero-order valence-electron chi connectivity index (χ0n) is 13.3. The molecular formula is C19H17NO3S. The van der Waals surface area contributed by atoms with Crippen molar-refractivity contribution < 1.29 is 14.2 Å². The Kier molecular flexibility index (Phi) is 4.09. The lowest BCUT2D eigenvalue weighted by Gasteiger charge is -2.25. The number of rotatable bonds is 4. The minimum Gasteiger partial charge on any atom is -0.494 e. The van der Waals surface area contributed by atoms with Gasteiger partial charge >= 0.3 is 0 Å². The molecule has 4 nitrogen and oxygen atoms in total. The maximum atomic E-state index is 6.02. The predicted octanol–water partition coefficient (Wildman–Crippen LogP) is 4.72. The molecule has 5 heteroatoms. The van der Waals surface area contributed by atoms with E-state index in [1.165, 1.54) is 0 Å². The SMILES string of the molecule is CCOc1ccc(-c2nc([C@H]3COc4ccccc4O3)cs2)cc1. The molecule has 0 saturated carbocycles. The van der Waals surface area contributed by atoms with Crippen molar-refractivity contribution in [1.82, 2.24) is 4.98 Å². The molecule has 0 saturated heterocycles. The van der Waals surface area contributed by atoms with Crippen LogP contribution in [0.5, 0.6) is 17.2 Å². The summed E-state index contributed by atoms with van der Waals surface area (Å²) < 4.78 is 17.3. The molecule has 0 fully saturated rings. The van der Waals surface area contributed by atoms with Crippen molar-refractivity contribution in [2.24, 2.45) is 0 Å². The van der Waals surface area contributed by atoms with Crippen molar-refractivity contribution >= 4 is 11.3 Å². The topological polar surface area (TPSA) is 40.6 Å². The smallest absolute Gasteiger partial charge is 0.175 e. The van der Waals surface area contributed by atoms with Crippen molar-refractivity contribution in [3.8, 4) is 27.8 Å². The summed E-state index contributed by atoms with van der Waals surface area (Å²) in [6.45, 7) is 3.12. The summed E-state index contributed by atoms with van der Waals surface area (Å²) in [7, 11) is 0. The van der Waals surface area contributed by atoms with Crippen LogP contribution in [0.3, 0.4) is 0 Å². The lowest BCUT2D eigenvalue weighted by Crippen LogP contribution is -2.21. The van der Waals surface area contributed by atoms with E-state index in [9.17, 15) is 0 Å². The highest BCUT2D eigenvalue weighted by atomic mass is 32.1. The van der Waals surface area contributed by atoms with E-state index in [-0.39, 0.29) is 6.10 Å². The molecule has 0 N–H and O–H groups in total. The molecule has 2 heterocycles. The molecule has 4 rings (SSSR count). The molecule has 3 aromatic rings. The number of benzene rings is 2. The number of ether oxygens (including phenoxy) is 3. The Labute approximate surface area is 144 Å². The van der Waals surface area contributed by atoms with Gasteiger partial charge in [-0.25, -0.2) is 4.98 Å². The summed E-state index contributed by atoms with van der Waals surface area (Å²) in [5.74, 6) is 2.43. The van der Waals surface area contributed by atoms with Crippen LogP contribution in [0.25, 0.3) is 10.6 Å². The third kappa shape index (κ3) is 2.95. The van der Waals surface area contributed by atoms with Crippen LogP contribution in [0.4, 0.5) is 0 Å². The molecule has 2 aromatic carbocycles. The Morgan fingerprint density at radius 1 is 1.12 bits per heavy atom. The van der Waals surface area contributed by atoms with E-state index in [4.69, 9.17) is 19.2 Å². The van der Waals surface area contributed by atoms with E-state index >= 15 is 0 Å². The minimum absolute atomic E-state index is 0.174. The molecule has 1 aromatic heterocycles. The van der Waals surface area contributed by atoms with Crippen LogP contribution < -0.4 is 14.2 Å². The highest BCUT2D eigenvalue weighted by Gasteiger charge is 2.24. The standard InChI is InChI=1S/C19H17NO3S/c1-2-21-14-9-7-13(8-10-14)19-20-15(12-24-19)18-11-22-16-5-3-4-6-17(16)23-18/h3-10,12,18H,2,11H2,1H3/t18-/m1/s1. The minimum atomic E-state index is -0.174. The molecule has 0 bridgehead atoms. The fourth-order valence-corrected chi connectivity index (χ4v) is 3.46. The normalized spacial score (nSPS) is 16.0. The van der Waals surface area contributed by atoms with Gasteiger partial charge in [-0.15, -0.1) is 11.3 Å². The molecule has 0 amide bonds. The predicted molar refractivity (Wildman–Crippen MR) is 94.0 cm³/mol. The zero-order chi connectivity index (χ0) is 16.4. The van der Waals surface area contributed by atoms with Gasteiger partial charge in [0.25, 0.3) is 0 Å². The molecule has 24 heavy (non-hydrogen) atoms. The van der Waals surface area contributed by atoms with Crippen LogP contribution in [0.1, 0.15) is 18.7 Å². The quantitative estimate of drug-likeness (QED) is 0.689. The maximum Gasteiger partial charge on any atom is 0.175 e. The van der Waals surface area contributed by atoms with Crippen molar-refractivity contribution in [3.05, 3.63) is 59.6 Å². The number of hydrogen-bond acceptors (Lipinski definition) is 5. The Hall–Kier alpha value is -2.53. The second-order valence-corrected chi connectivity index (χ2v) is 6.26. The second-order valence-electron chi connectivity index (χ2n) is 5.40. The number of fused-ring (bicyclic) bond motifs is 1. The van der Waals surface area contributed by atoms with Gasteiger partial charge in [-0.1, -0.05) is 12.1 Å². The Morgan fingerprint density at radius 2 is 1.92 bits per heavy atom. The van der Waals surface area contributed by atoms with Crippen LogP contribution in [-0.2, 0) is 0 Å². The van der Waals surface area contributed by atoms with Crippen molar-refractivity contribution in [3.63, 3.8) is 0 Å². The highest BCUT2D eigenvalue weighted by molar-refractivity contribution is 7.13. The van der Waals surface area contributed by atoms with E-state index in [1.807, 2.05) is 60.8 Å². The van der Waals surface area contributed by atoms with Crippen molar-refractivity contribution in [1.29, 1.82) is 0 Å². The summed E-state index contributed by atoms with van der Waals surface area (Å²) in [4.78, 5) is 4.73. The lowest BCUT2D eigenvalue weighted by atomic mass is 10.2. The first-order chi connectivity index (χ1) is 11.8. The molecule has 0 unspecified atom stereocenters. The van der Waals surface area contributed by atoms with Gasteiger partial charge in [0.1, 0.15) is 17.4 Å². The van der Waals surface area contributed by atoms with Gasteiger partial charge in [-0.05, 0) is 43.3 Å². The van der Waals surface area contributed by atoms with Gasteiger partial charge in [0.15, 0.2) is 17.6 Å². The molecule has 1 aliphatic rings. The van der Waals surface area contributed by atoms with Gasteiger partial charge in [-0.3, -0.25) is 0 Å². The molecule has 1 aliphatic heterocycles. The van der Waals surface area contributed by atoms with Gasteiger partial charge < -0.3 is 14.2 Å². The molecular weight excluding hydrogens is 322 g/mol. The van der Waals surface area contributed by atoms with Gasteiger partial charge in [0.05, 0.1) is 12.3 Å². The van der Waals surface area contributed by atoms with Gasteiger partial charge in [-0.2, -0.15) is 0 Å². The second kappa shape index (κ2) is 6.53. The molecule has 0 radical (unpaired) electrons. The van der Waals surface area contributed by atoms with E-state index in [2.05, 4.69) is 0 Å². The zero-order valence-corrected chi connectivity index (χ0v) is 14.1.